The van der Waals surface area contributed by atoms with E-state index < -0.39 is 11.7 Å². The van der Waals surface area contributed by atoms with Crippen LogP contribution in [0.3, 0.4) is 0 Å². The van der Waals surface area contributed by atoms with Crippen LogP contribution in [0.25, 0.3) is 11.0 Å². The second kappa shape index (κ2) is 9.64. The molecule has 1 saturated heterocycles. The van der Waals surface area contributed by atoms with Crippen molar-refractivity contribution >= 4 is 22.9 Å². The summed E-state index contributed by atoms with van der Waals surface area (Å²) in [5, 5.41) is 3.39. The summed E-state index contributed by atoms with van der Waals surface area (Å²) in [6.07, 6.45) is -3.13. The zero-order valence-corrected chi connectivity index (χ0v) is 19.3. The Kier molecular flexibility index (Phi) is 6.38. The molecule has 9 heteroatoms. The van der Waals surface area contributed by atoms with Crippen LogP contribution in [-0.4, -0.2) is 39.5 Å². The number of likely N-dealkylation sites (tertiary alicyclic amines) is 1. The lowest BCUT2D eigenvalue weighted by Crippen LogP contribution is -2.42. The lowest BCUT2D eigenvalue weighted by atomic mass is 10.0. The second-order valence-electron chi connectivity index (χ2n) is 8.93. The van der Waals surface area contributed by atoms with Crippen molar-refractivity contribution in [2.75, 3.05) is 18.4 Å². The molecular formula is C27H24F4N4O. The lowest BCUT2D eigenvalue weighted by molar-refractivity contribution is -0.137. The van der Waals surface area contributed by atoms with Gasteiger partial charge in [-0.25, -0.2) is 9.37 Å². The molecular weight excluding hydrogens is 472 g/mol. The molecule has 0 saturated carbocycles. The monoisotopic (exact) mass is 496 g/mol. The van der Waals surface area contributed by atoms with E-state index in [4.69, 9.17) is 0 Å². The average molecular weight is 497 g/mol. The SMILES string of the molecule is O=C(c1ccccc1)N1CCC(Nc2nc3cc(C(F)(F)F)ccc3n2Cc2ccc(F)cc2)CC1. The number of aromatic nitrogens is 2. The Morgan fingerprint density at radius 3 is 2.33 bits per heavy atom. The summed E-state index contributed by atoms with van der Waals surface area (Å²) in [6.45, 7) is 1.43. The summed E-state index contributed by atoms with van der Waals surface area (Å²) in [7, 11) is 0. The first-order valence-corrected chi connectivity index (χ1v) is 11.7. The van der Waals surface area contributed by atoms with Crippen LogP contribution in [0, 0.1) is 5.82 Å². The van der Waals surface area contributed by atoms with Crippen LogP contribution in [-0.2, 0) is 12.7 Å². The summed E-state index contributed by atoms with van der Waals surface area (Å²) < 4.78 is 55.1. The van der Waals surface area contributed by atoms with Gasteiger partial charge in [-0.3, -0.25) is 4.79 Å². The number of anilines is 1. The third-order valence-corrected chi connectivity index (χ3v) is 6.47. The fraction of sp³-hybridized carbons (Fsp3) is 0.259. The number of piperidine rings is 1. The molecule has 1 aliphatic rings. The smallest absolute Gasteiger partial charge is 0.353 e. The molecule has 36 heavy (non-hydrogen) atoms. The first-order chi connectivity index (χ1) is 17.3. The molecule has 0 spiro atoms. The van der Waals surface area contributed by atoms with Crippen molar-refractivity contribution in [3.05, 3.63) is 95.3 Å². The van der Waals surface area contributed by atoms with Gasteiger partial charge in [-0.15, -0.1) is 0 Å². The van der Waals surface area contributed by atoms with Gasteiger partial charge in [0.25, 0.3) is 5.91 Å². The number of benzene rings is 3. The maximum atomic E-state index is 13.4. The first kappa shape index (κ1) is 23.8. The van der Waals surface area contributed by atoms with E-state index in [1.54, 1.807) is 24.3 Å². The van der Waals surface area contributed by atoms with E-state index in [2.05, 4.69) is 10.3 Å². The highest BCUT2D eigenvalue weighted by Crippen LogP contribution is 2.33. The molecule has 5 nitrogen and oxygen atoms in total. The third-order valence-electron chi connectivity index (χ3n) is 6.47. The fourth-order valence-corrected chi connectivity index (χ4v) is 4.52. The molecule has 5 rings (SSSR count). The topological polar surface area (TPSA) is 50.2 Å². The van der Waals surface area contributed by atoms with Crippen molar-refractivity contribution < 1.29 is 22.4 Å². The van der Waals surface area contributed by atoms with E-state index in [-0.39, 0.29) is 23.3 Å². The van der Waals surface area contributed by atoms with Gasteiger partial charge in [-0.05, 0) is 60.9 Å². The van der Waals surface area contributed by atoms with Gasteiger partial charge in [0.15, 0.2) is 0 Å². The van der Waals surface area contributed by atoms with Crippen LogP contribution in [0.2, 0.25) is 0 Å². The Balaban J connectivity index is 1.38. The number of hydrogen-bond acceptors (Lipinski definition) is 3. The van der Waals surface area contributed by atoms with Crippen molar-refractivity contribution in [3.63, 3.8) is 0 Å². The maximum Gasteiger partial charge on any atom is 0.416 e. The highest BCUT2D eigenvalue weighted by atomic mass is 19.4. The van der Waals surface area contributed by atoms with Crippen LogP contribution in [0.1, 0.15) is 34.3 Å². The minimum Gasteiger partial charge on any atom is -0.353 e. The molecule has 0 bridgehead atoms. The molecule has 1 fully saturated rings. The van der Waals surface area contributed by atoms with E-state index in [1.807, 2.05) is 27.7 Å². The molecule has 1 amide bonds. The van der Waals surface area contributed by atoms with Crippen molar-refractivity contribution in [1.29, 1.82) is 0 Å². The van der Waals surface area contributed by atoms with Gasteiger partial charge in [-0.2, -0.15) is 13.2 Å². The largest absolute Gasteiger partial charge is 0.416 e. The van der Waals surface area contributed by atoms with Crippen LogP contribution in [0.4, 0.5) is 23.5 Å². The van der Waals surface area contributed by atoms with Gasteiger partial charge in [0.05, 0.1) is 23.1 Å². The van der Waals surface area contributed by atoms with Crippen LogP contribution in [0.5, 0.6) is 0 Å². The van der Waals surface area contributed by atoms with E-state index in [9.17, 15) is 22.4 Å². The zero-order chi connectivity index (χ0) is 25.3. The summed E-state index contributed by atoms with van der Waals surface area (Å²) in [5.41, 5.74) is 1.45. The molecule has 1 N–H and O–H groups in total. The van der Waals surface area contributed by atoms with E-state index in [1.165, 1.54) is 18.2 Å². The summed E-state index contributed by atoms with van der Waals surface area (Å²) in [4.78, 5) is 19.1. The van der Waals surface area contributed by atoms with Crippen LogP contribution < -0.4 is 5.32 Å². The quantitative estimate of drug-likeness (QED) is 0.347. The number of nitrogens with one attached hydrogen (secondary N) is 1. The number of carbonyl (C=O) groups excluding carboxylic acids is 1. The molecule has 3 aromatic carbocycles. The zero-order valence-electron chi connectivity index (χ0n) is 19.3. The number of alkyl halides is 3. The second-order valence-corrected chi connectivity index (χ2v) is 8.93. The van der Waals surface area contributed by atoms with Crippen LogP contribution in [0.15, 0.2) is 72.8 Å². The Labute approximate surface area is 205 Å². The van der Waals surface area contributed by atoms with Gasteiger partial charge in [0, 0.05) is 24.7 Å². The number of fused-ring (bicyclic) bond motifs is 1. The minimum absolute atomic E-state index is 0.00399. The molecule has 4 aromatic rings. The van der Waals surface area contributed by atoms with Crippen molar-refractivity contribution in [3.8, 4) is 0 Å². The summed E-state index contributed by atoms with van der Waals surface area (Å²) in [6, 6.07) is 18.6. The summed E-state index contributed by atoms with van der Waals surface area (Å²) in [5.74, 6) is 0.0676. The normalized spacial score (nSPS) is 14.8. The molecule has 0 unspecified atom stereocenters. The molecule has 1 aliphatic heterocycles. The number of amides is 1. The molecule has 186 valence electrons. The van der Waals surface area contributed by atoms with Gasteiger partial charge < -0.3 is 14.8 Å². The van der Waals surface area contributed by atoms with E-state index in [0.29, 0.717) is 49.5 Å². The minimum atomic E-state index is -4.47. The first-order valence-electron chi connectivity index (χ1n) is 11.7. The van der Waals surface area contributed by atoms with E-state index in [0.717, 1.165) is 17.7 Å². The molecule has 1 aromatic heterocycles. The van der Waals surface area contributed by atoms with Gasteiger partial charge in [0.1, 0.15) is 5.82 Å². The van der Waals surface area contributed by atoms with Gasteiger partial charge in [0.2, 0.25) is 5.95 Å². The highest BCUT2D eigenvalue weighted by molar-refractivity contribution is 5.94. The number of carbonyl (C=O) groups is 1. The standard InChI is InChI=1S/C27H24F4N4O/c28-21-9-6-18(7-10-21)17-35-24-11-8-20(27(29,30)31)16-23(24)33-26(35)32-22-12-14-34(15-13-22)25(36)19-4-2-1-3-5-19/h1-11,16,22H,12-15,17H2,(H,32,33). The number of nitrogens with zero attached hydrogens (tertiary/aromatic N) is 3. The molecule has 0 atom stereocenters. The molecule has 0 radical (unpaired) electrons. The average Bonchev–Trinajstić information content (AvgIpc) is 3.21. The fourth-order valence-electron chi connectivity index (χ4n) is 4.52. The Hall–Kier alpha value is -3.88. The third kappa shape index (κ3) is 5.05. The predicted octanol–water partition coefficient (Wildman–Crippen LogP) is 5.96. The van der Waals surface area contributed by atoms with Crippen molar-refractivity contribution in [2.24, 2.45) is 0 Å². The molecule has 0 aliphatic carbocycles. The number of rotatable bonds is 5. The Morgan fingerprint density at radius 1 is 0.972 bits per heavy atom. The maximum absolute atomic E-state index is 13.4. The highest BCUT2D eigenvalue weighted by Gasteiger charge is 2.31. The van der Waals surface area contributed by atoms with Gasteiger partial charge >= 0.3 is 6.18 Å². The predicted molar refractivity (Wildman–Crippen MR) is 129 cm³/mol. The number of imidazole rings is 1. The molecule has 2 heterocycles. The number of hydrogen-bond donors (Lipinski definition) is 1. The van der Waals surface area contributed by atoms with Crippen LogP contribution >= 0.6 is 0 Å². The number of halogens is 4. The van der Waals surface area contributed by atoms with Gasteiger partial charge in [-0.1, -0.05) is 30.3 Å². The Morgan fingerprint density at radius 2 is 1.67 bits per heavy atom. The van der Waals surface area contributed by atoms with Crippen molar-refractivity contribution in [1.82, 2.24) is 14.5 Å². The van der Waals surface area contributed by atoms with E-state index >= 15 is 0 Å². The lowest BCUT2D eigenvalue weighted by Gasteiger charge is -2.32. The van der Waals surface area contributed by atoms with Crippen molar-refractivity contribution in [2.45, 2.75) is 31.6 Å². The summed E-state index contributed by atoms with van der Waals surface area (Å²) >= 11 is 0. The Bertz CT molecular complexity index is 1360.